The Bertz CT molecular complexity index is 1360. The minimum absolute atomic E-state index is 0.217. The number of carbonyl (C=O) groups is 2. The molecule has 0 saturated carbocycles. The third kappa shape index (κ3) is 6.07. The van der Waals surface area contributed by atoms with E-state index in [0.717, 1.165) is 33.5 Å². The van der Waals surface area contributed by atoms with Gasteiger partial charge in [-0.3, -0.25) is 15.0 Å². The molecule has 1 saturated heterocycles. The molecule has 3 aromatic rings. The van der Waals surface area contributed by atoms with E-state index in [2.05, 4.69) is 11.5 Å². The van der Waals surface area contributed by atoms with Crippen LogP contribution in [0.3, 0.4) is 0 Å². The quantitative estimate of drug-likeness (QED) is 0.273. The third-order valence-corrected chi connectivity index (χ3v) is 6.80. The molecule has 9 heteroatoms. The van der Waals surface area contributed by atoms with Crippen LogP contribution < -0.4 is 14.9 Å². The fraction of sp³-hybridized carbons (Fsp3) is 0.148. The molecular formula is C27H23ClN2O4S2. The summed E-state index contributed by atoms with van der Waals surface area (Å²) in [5.41, 5.74) is 5.75. The van der Waals surface area contributed by atoms with Crippen molar-refractivity contribution in [1.29, 1.82) is 0 Å². The van der Waals surface area contributed by atoms with E-state index in [4.69, 9.17) is 33.3 Å². The molecule has 0 aliphatic carbocycles. The second-order valence-corrected chi connectivity index (χ2v) is 9.94. The number of rotatable bonds is 8. The number of amides is 2. The maximum atomic E-state index is 13.0. The van der Waals surface area contributed by atoms with Gasteiger partial charge in [-0.25, -0.2) is 0 Å². The fourth-order valence-corrected chi connectivity index (χ4v) is 4.89. The van der Waals surface area contributed by atoms with E-state index < -0.39 is 11.8 Å². The lowest BCUT2D eigenvalue weighted by atomic mass is 10.1. The summed E-state index contributed by atoms with van der Waals surface area (Å²) in [6.45, 7) is 4.80. The van der Waals surface area contributed by atoms with Gasteiger partial charge in [-0.05, 0) is 67.5 Å². The molecule has 0 spiro atoms. The van der Waals surface area contributed by atoms with E-state index >= 15 is 0 Å². The number of nitrogens with zero attached hydrogens (tertiary/aromatic N) is 1. The van der Waals surface area contributed by atoms with E-state index in [0.29, 0.717) is 29.6 Å². The number of hydrogen-bond donors (Lipinski definition) is 1. The van der Waals surface area contributed by atoms with Gasteiger partial charge in [-0.2, -0.15) is 5.01 Å². The summed E-state index contributed by atoms with van der Waals surface area (Å²) < 4.78 is 12.0. The van der Waals surface area contributed by atoms with Gasteiger partial charge in [0.15, 0.2) is 15.8 Å². The lowest BCUT2D eigenvalue weighted by Crippen LogP contribution is -2.44. The number of halogens is 1. The van der Waals surface area contributed by atoms with E-state index in [1.165, 1.54) is 0 Å². The zero-order valence-electron chi connectivity index (χ0n) is 19.6. The minimum Gasteiger partial charge on any atom is -0.490 e. The molecule has 1 fully saturated rings. The number of thioether (sulfide) groups is 1. The topological polar surface area (TPSA) is 67.9 Å². The predicted molar refractivity (Wildman–Crippen MR) is 147 cm³/mol. The third-order valence-electron chi connectivity index (χ3n) is 5.17. The first kappa shape index (κ1) is 25.8. The SMILES string of the molecule is CCOc1cc(/C=C2/SC(=S)N(NC(=O)c3ccccc3Cl)C2=O)ccc1OCc1cccc(C)c1. The standard InChI is InChI=1S/C27H23ClN2O4S2/c1-3-33-23-14-18(11-12-22(23)34-16-19-8-6-7-17(2)13-19)15-24-26(32)30(27(35)36-24)29-25(31)20-9-4-5-10-21(20)28/h4-15H,3,16H2,1-2H3,(H,29,31)/b24-15+. The average molecular weight is 539 g/mol. The molecule has 184 valence electrons. The van der Waals surface area contributed by atoms with Crippen molar-refractivity contribution in [3.63, 3.8) is 0 Å². The molecule has 0 aromatic heterocycles. The Labute approximate surface area is 224 Å². The summed E-state index contributed by atoms with van der Waals surface area (Å²) in [6.07, 6.45) is 1.70. The number of ether oxygens (including phenoxy) is 2. The van der Waals surface area contributed by atoms with Gasteiger partial charge in [0, 0.05) is 0 Å². The molecule has 0 radical (unpaired) electrons. The van der Waals surface area contributed by atoms with E-state index in [9.17, 15) is 9.59 Å². The van der Waals surface area contributed by atoms with Crippen molar-refractivity contribution in [2.24, 2.45) is 0 Å². The van der Waals surface area contributed by atoms with Gasteiger partial charge in [-0.1, -0.05) is 71.4 Å². The number of hydrogen-bond acceptors (Lipinski definition) is 6. The summed E-state index contributed by atoms with van der Waals surface area (Å²) in [5.74, 6) is 0.228. The van der Waals surface area contributed by atoms with Crippen LogP contribution in [0.4, 0.5) is 0 Å². The highest BCUT2D eigenvalue weighted by molar-refractivity contribution is 8.26. The molecular weight excluding hydrogens is 516 g/mol. The molecule has 36 heavy (non-hydrogen) atoms. The molecule has 0 atom stereocenters. The summed E-state index contributed by atoms with van der Waals surface area (Å²) in [4.78, 5) is 26.0. The van der Waals surface area contributed by atoms with Crippen LogP contribution in [0.15, 0.2) is 71.6 Å². The van der Waals surface area contributed by atoms with Crippen LogP contribution in [0.25, 0.3) is 6.08 Å². The molecule has 0 bridgehead atoms. The minimum atomic E-state index is -0.521. The normalized spacial score (nSPS) is 14.3. The van der Waals surface area contributed by atoms with E-state index in [-0.39, 0.29) is 14.9 Å². The van der Waals surface area contributed by atoms with Gasteiger partial charge in [0.05, 0.1) is 22.1 Å². The van der Waals surface area contributed by atoms with Crippen molar-refractivity contribution in [2.45, 2.75) is 20.5 Å². The molecule has 0 unspecified atom stereocenters. The number of nitrogens with one attached hydrogen (secondary N) is 1. The molecule has 4 rings (SSSR count). The molecule has 1 aliphatic rings. The van der Waals surface area contributed by atoms with Crippen molar-refractivity contribution in [1.82, 2.24) is 10.4 Å². The number of aryl methyl sites for hydroxylation is 1. The van der Waals surface area contributed by atoms with Crippen LogP contribution in [-0.4, -0.2) is 27.8 Å². The maximum Gasteiger partial charge on any atom is 0.285 e. The van der Waals surface area contributed by atoms with Crippen molar-refractivity contribution in [3.05, 3.63) is 98.9 Å². The Kier molecular flexibility index (Phi) is 8.30. The van der Waals surface area contributed by atoms with Gasteiger partial charge in [0.25, 0.3) is 11.8 Å². The zero-order valence-corrected chi connectivity index (χ0v) is 22.0. The number of hydrazine groups is 1. The highest BCUT2D eigenvalue weighted by atomic mass is 35.5. The van der Waals surface area contributed by atoms with Crippen LogP contribution >= 0.6 is 35.6 Å². The summed E-state index contributed by atoms with van der Waals surface area (Å²) in [7, 11) is 0. The predicted octanol–water partition coefficient (Wildman–Crippen LogP) is 6.17. The molecule has 3 aromatic carbocycles. The highest BCUT2D eigenvalue weighted by Gasteiger charge is 2.34. The van der Waals surface area contributed by atoms with Gasteiger partial charge >= 0.3 is 0 Å². The second kappa shape index (κ2) is 11.6. The fourth-order valence-electron chi connectivity index (χ4n) is 3.49. The number of thiocarbonyl (C=S) groups is 1. The monoisotopic (exact) mass is 538 g/mol. The van der Waals surface area contributed by atoms with Crippen LogP contribution in [0, 0.1) is 6.92 Å². The number of carbonyl (C=O) groups excluding carboxylic acids is 2. The Morgan fingerprint density at radius 2 is 1.89 bits per heavy atom. The summed E-state index contributed by atoms with van der Waals surface area (Å²) in [5, 5.41) is 1.34. The first-order chi connectivity index (χ1) is 17.4. The molecule has 1 heterocycles. The smallest absolute Gasteiger partial charge is 0.285 e. The highest BCUT2D eigenvalue weighted by Crippen LogP contribution is 2.34. The lowest BCUT2D eigenvalue weighted by Gasteiger charge is -2.16. The summed E-state index contributed by atoms with van der Waals surface area (Å²) >= 11 is 12.5. The van der Waals surface area contributed by atoms with Crippen molar-refractivity contribution >= 4 is 57.8 Å². The maximum absolute atomic E-state index is 13.0. The van der Waals surface area contributed by atoms with Gasteiger partial charge in [0.1, 0.15) is 6.61 Å². The molecule has 1 aliphatic heterocycles. The van der Waals surface area contributed by atoms with Crippen molar-refractivity contribution in [3.8, 4) is 11.5 Å². The van der Waals surface area contributed by atoms with Gasteiger partial charge in [0.2, 0.25) is 0 Å². The Hall–Kier alpha value is -3.33. The van der Waals surface area contributed by atoms with Crippen LogP contribution in [0.5, 0.6) is 11.5 Å². The van der Waals surface area contributed by atoms with Gasteiger partial charge < -0.3 is 9.47 Å². The van der Waals surface area contributed by atoms with E-state index in [1.807, 2.05) is 50.2 Å². The summed E-state index contributed by atoms with van der Waals surface area (Å²) in [6, 6.07) is 20.2. The second-order valence-electron chi connectivity index (χ2n) is 7.85. The Morgan fingerprint density at radius 1 is 1.08 bits per heavy atom. The molecule has 6 nitrogen and oxygen atoms in total. The Morgan fingerprint density at radius 3 is 2.64 bits per heavy atom. The van der Waals surface area contributed by atoms with Crippen LogP contribution in [-0.2, 0) is 11.4 Å². The van der Waals surface area contributed by atoms with E-state index in [1.54, 1.807) is 30.3 Å². The van der Waals surface area contributed by atoms with Crippen molar-refractivity contribution in [2.75, 3.05) is 6.61 Å². The lowest BCUT2D eigenvalue weighted by molar-refractivity contribution is -0.123. The molecule has 2 amide bonds. The zero-order chi connectivity index (χ0) is 25.7. The van der Waals surface area contributed by atoms with Crippen LogP contribution in [0.2, 0.25) is 5.02 Å². The van der Waals surface area contributed by atoms with Gasteiger partial charge in [-0.15, -0.1) is 0 Å². The number of benzene rings is 3. The average Bonchev–Trinajstić information content (AvgIpc) is 3.11. The molecule has 1 N–H and O–H groups in total. The van der Waals surface area contributed by atoms with Crippen molar-refractivity contribution < 1.29 is 19.1 Å². The first-order valence-electron chi connectivity index (χ1n) is 11.1. The van der Waals surface area contributed by atoms with Crippen LogP contribution in [0.1, 0.15) is 34.0 Å². The first-order valence-corrected chi connectivity index (χ1v) is 12.7. The largest absolute Gasteiger partial charge is 0.490 e. The Balaban J connectivity index is 1.49.